The second-order valence-electron chi connectivity index (χ2n) is 6.70. The van der Waals surface area contributed by atoms with Gasteiger partial charge in [0.25, 0.3) is 10.0 Å². The predicted octanol–water partition coefficient (Wildman–Crippen LogP) is 5.26. The lowest BCUT2D eigenvalue weighted by atomic mass is 10.2. The van der Waals surface area contributed by atoms with E-state index in [4.69, 9.17) is 0 Å². The minimum absolute atomic E-state index is 0.0696. The van der Waals surface area contributed by atoms with Crippen molar-refractivity contribution < 1.29 is 8.42 Å². The van der Waals surface area contributed by atoms with Crippen LogP contribution in [0.2, 0.25) is 0 Å². The number of nitrogens with zero attached hydrogens (tertiary/aromatic N) is 1. The smallest absolute Gasteiger partial charge is 0.222 e. The van der Waals surface area contributed by atoms with E-state index in [-0.39, 0.29) is 11.6 Å². The number of hydrogen-bond acceptors (Lipinski definition) is 4. The molecule has 0 bridgehead atoms. The molecule has 0 radical (unpaired) electrons. The molecule has 4 aromatic rings. The molecule has 1 aromatic heterocycles. The van der Waals surface area contributed by atoms with E-state index in [9.17, 15) is 8.42 Å². The van der Waals surface area contributed by atoms with Crippen molar-refractivity contribution in [3.8, 4) is 21.0 Å². The summed E-state index contributed by atoms with van der Waals surface area (Å²) < 4.78 is 29.0. The first kappa shape index (κ1) is 19.5. The van der Waals surface area contributed by atoms with Gasteiger partial charge in [0.05, 0.1) is 4.88 Å². The van der Waals surface area contributed by atoms with Gasteiger partial charge in [0.15, 0.2) is 5.03 Å². The zero-order valence-corrected chi connectivity index (χ0v) is 17.5. The summed E-state index contributed by atoms with van der Waals surface area (Å²) in [6, 6.07) is 26.9. The van der Waals surface area contributed by atoms with Gasteiger partial charge >= 0.3 is 0 Å². The predicted molar refractivity (Wildman–Crippen MR) is 118 cm³/mol. The van der Waals surface area contributed by atoms with Crippen LogP contribution in [0.15, 0.2) is 90.0 Å². The van der Waals surface area contributed by atoms with Crippen LogP contribution in [0.3, 0.4) is 0 Å². The van der Waals surface area contributed by atoms with Gasteiger partial charge < -0.3 is 0 Å². The number of nitrogens with one attached hydrogen (secondary N) is 1. The monoisotopic (exact) mass is 420 g/mol. The van der Waals surface area contributed by atoms with Gasteiger partial charge in [0.2, 0.25) is 0 Å². The fourth-order valence-electron chi connectivity index (χ4n) is 2.92. The van der Waals surface area contributed by atoms with Crippen molar-refractivity contribution in [2.75, 3.05) is 0 Å². The highest BCUT2D eigenvalue weighted by Crippen LogP contribution is 2.37. The molecule has 0 aliphatic carbocycles. The molecule has 6 heteroatoms. The number of aromatic nitrogens is 1. The molecular formula is C23H20N2O2S2. The SMILES string of the molecule is Cc1ccc(-c2nc(S(=O)(=O)NCc3ccccc3)c(-c3ccccc3)s2)cc1. The third-order valence-electron chi connectivity index (χ3n) is 4.49. The van der Waals surface area contributed by atoms with E-state index in [1.54, 1.807) is 0 Å². The third kappa shape index (κ3) is 4.45. The Bertz CT molecular complexity index is 1200. The zero-order valence-electron chi connectivity index (χ0n) is 15.9. The fraction of sp³-hybridized carbons (Fsp3) is 0.0870. The molecule has 0 aliphatic rings. The molecule has 0 amide bonds. The molecule has 0 unspecified atom stereocenters. The van der Waals surface area contributed by atoms with E-state index < -0.39 is 10.0 Å². The standard InChI is InChI=1S/C23H20N2O2S2/c1-17-12-14-20(15-13-17)22-25-23(21(28-22)19-10-6-3-7-11-19)29(26,27)24-16-18-8-4-2-5-9-18/h2-15,24H,16H2,1H3. The van der Waals surface area contributed by atoms with Crippen LogP contribution in [0, 0.1) is 6.92 Å². The van der Waals surface area contributed by atoms with E-state index in [0.717, 1.165) is 22.3 Å². The van der Waals surface area contributed by atoms with E-state index in [0.29, 0.717) is 9.88 Å². The lowest BCUT2D eigenvalue weighted by Crippen LogP contribution is -2.24. The van der Waals surface area contributed by atoms with Crippen molar-refractivity contribution in [3.63, 3.8) is 0 Å². The van der Waals surface area contributed by atoms with Crippen LogP contribution in [-0.4, -0.2) is 13.4 Å². The largest absolute Gasteiger partial charge is 0.259 e. The molecule has 4 rings (SSSR count). The van der Waals surface area contributed by atoms with E-state index in [1.807, 2.05) is 91.9 Å². The topological polar surface area (TPSA) is 59.1 Å². The minimum Gasteiger partial charge on any atom is -0.222 e. The Kier molecular flexibility index (Phi) is 5.58. The summed E-state index contributed by atoms with van der Waals surface area (Å²) >= 11 is 1.39. The van der Waals surface area contributed by atoms with Crippen molar-refractivity contribution in [1.82, 2.24) is 9.71 Å². The molecule has 0 atom stereocenters. The van der Waals surface area contributed by atoms with Gasteiger partial charge in [-0.1, -0.05) is 90.5 Å². The Balaban J connectivity index is 1.75. The van der Waals surface area contributed by atoms with Gasteiger partial charge in [0, 0.05) is 12.1 Å². The summed E-state index contributed by atoms with van der Waals surface area (Å²) in [6.07, 6.45) is 0. The number of hydrogen-bond donors (Lipinski definition) is 1. The van der Waals surface area contributed by atoms with Crippen molar-refractivity contribution in [1.29, 1.82) is 0 Å². The van der Waals surface area contributed by atoms with Gasteiger partial charge in [-0.2, -0.15) is 0 Å². The first-order valence-electron chi connectivity index (χ1n) is 9.20. The van der Waals surface area contributed by atoms with Crippen LogP contribution in [0.5, 0.6) is 0 Å². The maximum absolute atomic E-state index is 13.1. The third-order valence-corrected chi connectivity index (χ3v) is 7.11. The highest BCUT2D eigenvalue weighted by Gasteiger charge is 2.25. The second kappa shape index (κ2) is 8.29. The first-order valence-corrected chi connectivity index (χ1v) is 11.5. The number of benzene rings is 3. The number of thiazole rings is 1. The van der Waals surface area contributed by atoms with Crippen LogP contribution in [0.1, 0.15) is 11.1 Å². The van der Waals surface area contributed by atoms with Gasteiger partial charge in [0.1, 0.15) is 5.01 Å². The summed E-state index contributed by atoms with van der Waals surface area (Å²) in [5, 5.41) is 0.754. The van der Waals surface area contributed by atoms with Gasteiger partial charge in [-0.3, -0.25) is 0 Å². The lowest BCUT2D eigenvalue weighted by molar-refractivity contribution is 0.578. The normalized spacial score (nSPS) is 11.5. The highest BCUT2D eigenvalue weighted by atomic mass is 32.2. The van der Waals surface area contributed by atoms with Gasteiger partial charge in [-0.15, -0.1) is 11.3 Å². The van der Waals surface area contributed by atoms with Crippen molar-refractivity contribution in [2.45, 2.75) is 18.5 Å². The van der Waals surface area contributed by atoms with E-state index >= 15 is 0 Å². The molecule has 1 heterocycles. The maximum atomic E-state index is 13.1. The molecule has 4 nitrogen and oxygen atoms in total. The molecule has 0 aliphatic heterocycles. The van der Waals surface area contributed by atoms with Crippen LogP contribution in [0.25, 0.3) is 21.0 Å². The number of rotatable bonds is 6. The molecule has 146 valence electrons. The number of sulfonamides is 1. The maximum Gasteiger partial charge on any atom is 0.259 e. The van der Waals surface area contributed by atoms with Crippen LogP contribution >= 0.6 is 11.3 Å². The van der Waals surface area contributed by atoms with Crippen LogP contribution in [0.4, 0.5) is 0 Å². The fourth-order valence-corrected chi connectivity index (χ4v) is 5.47. The van der Waals surface area contributed by atoms with E-state index in [1.165, 1.54) is 11.3 Å². The Labute approximate surface area is 175 Å². The molecular weight excluding hydrogens is 400 g/mol. The molecule has 0 fully saturated rings. The average molecular weight is 421 g/mol. The highest BCUT2D eigenvalue weighted by molar-refractivity contribution is 7.89. The molecule has 0 spiro atoms. The van der Waals surface area contributed by atoms with Gasteiger partial charge in [-0.25, -0.2) is 18.1 Å². The quantitative estimate of drug-likeness (QED) is 0.463. The molecule has 0 saturated carbocycles. The number of aryl methyl sites for hydroxylation is 1. The summed E-state index contributed by atoms with van der Waals surface area (Å²) in [5.74, 6) is 0. The molecule has 29 heavy (non-hydrogen) atoms. The van der Waals surface area contributed by atoms with Crippen LogP contribution < -0.4 is 4.72 Å². The van der Waals surface area contributed by atoms with E-state index in [2.05, 4.69) is 9.71 Å². The molecule has 3 aromatic carbocycles. The van der Waals surface area contributed by atoms with Crippen molar-refractivity contribution in [2.24, 2.45) is 0 Å². The summed E-state index contributed by atoms with van der Waals surface area (Å²) in [5.41, 5.74) is 3.78. The Morgan fingerprint density at radius 2 is 1.45 bits per heavy atom. The van der Waals surface area contributed by atoms with Gasteiger partial charge in [-0.05, 0) is 18.1 Å². The van der Waals surface area contributed by atoms with Crippen LogP contribution in [-0.2, 0) is 16.6 Å². The Morgan fingerprint density at radius 3 is 2.10 bits per heavy atom. The summed E-state index contributed by atoms with van der Waals surface area (Å²) in [6.45, 7) is 2.24. The second-order valence-corrected chi connectivity index (χ2v) is 9.38. The summed E-state index contributed by atoms with van der Waals surface area (Å²) in [7, 11) is -3.78. The first-order chi connectivity index (χ1) is 14.0. The molecule has 1 N–H and O–H groups in total. The Hall–Kier alpha value is -2.80. The van der Waals surface area contributed by atoms with Crippen molar-refractivity contribution >= 4 is 21.4 Å². The average Bonchev–Trinajstić information content (AvgIpc) is 3.21. The van der Waals surface area contributed by atoms with Crippen molar-refractivity contribution in [3.05, 3.63) is 96.1 Å². The minimum atomic E-state index is -3.78. The lowest BCUT2D eigenvalue weighted by Gasteiger charge is -2.07. The summed E-state index contributed by atoms with van der Waals surface area (Å²) in [4.78, 5) is 5.18. The molecule has 0 saturated heterocycles. The zero-order chi connectivity index (χ0) is 20.3. The Morgan fingerprint density at radius 1 is 0.828 bits per heavy atom.